The van der Waals surface area contributed by atoms with E-state index in [9.17, 15) is 0 Å². The van der Waals surface area contributed by atoms with Crippen LogP contribution in [0, 0.1) is 17.2 Å². The van der Waals surface area contributed by atoms with Gasteiger partial charge in [-0.05, 0) is 55.0 Å². The Morgan fingerprint density at radius 3 is 2.95 bits per heavy atom. The maximum atomic E-state index is 9.00. The van der Waals surface area contributed by atoms with Crippen LogP contribution < -0.4 is 5.73 Å². The minimum absolute atomic E-state index is 0.0791. The van der Waals surface area contributed by atoms with Gasteiger partial charge in [-0.25, -0.2) is 0 Å². The Morgan fingerprint density at radius 1 is 1.40 bits per heavy atom. The van der Waals surface area contributed by atoms with E-state index in [-0.39, 0.29) is 6.10 Å². The molecular formula is C16H22N2O2. The minimum atomic E-state index is 0.0791. The van der Waals surface area contributed by atoms with Gasteiger partial charge in [-0.2, -0.15) is 5.26 Å². The molecule has 4 nitrogen and oxygen atoms in total. The number of methoxy groups -OCH3 is 1. The molecule has 0 amide bonds. The summed E-state index contributed by atoms with van der Waals surface area (Å²) in [5, 5.41) is 9.00. The third-order valence-electron chi connectivity index (χ3n) is 3.88. The van der Waals surface area contributed by atoms with Crippen molar-refractivity contribution in [1.29, 1.82) is 5.26 Å². The fourth-order valence-corrected chi connectivity index (χ4v) is 2.94. The predicted octanol–water partition coefficient (Wildman–Crippen LogP) is 2.52. The lowest BCUT2D eigenvalue weighted by Gasteiger charge is -2.20. The number of fused-ring (bicyclic) bond motifs is 1. The number of hydrogen-bond acceptors (Lipinski definition) is 4. The first kappa shape index (κ1) is 15.0. The van der Waals surface area contributed by atoms with Crippen molar-refractivity contribution in [2.45, 2.75) is 31.8 Å². The Kier molecular flexibility index (Phi) is 5.54. The highest BCUT2D eigenvalue weighted by atomic mass is 16.7. The number of hydrogen-bond donors (Lipinski definition) is 1. The van der Waals surface area contributed by atoms with Crippen LogP contribution in [0.4, 0.5) is 0 Å². The lowest BCUT2D eigenvalue weighted by atomic mass is 9.96. The average molecular weight is 274 g/mol. The second kappa shape index (κ2) is 7.39. The van der Waals surface area contributed by atoms with Crippen LogP contribution in [0.2, 0.25) is 0 Å². The average Bonchev–Trinajstić information content (AvgIpc) is 2.82. The molecule has 0 saturated carbocycles. The molecular weight excluding hydrogens is 252 g/mol. The Bertz CT molecular complexity index is 482. The van der Waals surface area contributed by atoms with Crippen molar-refractivity contribution in [3.63, 3.8) is 0 Å². The quantitative estimate of drug-likeness (QED) is 0.613. The lowest BCUT2D eigenvalue weighted by Crippen LogP contribution is -2.13. The number of nitriles is 1. The maximum absolute atomic E-state index is 9.00. The van der Waals surface area contributed by atoms with Crippen molar-refractivity contribution in [2.75, 3.05) is 20.4 Å². The summed E-state index contributed by atoms with van der Waals surface area (Å²) in [4.78, 5) is 0. The number of ether oxygens (including phenoxy) is 2. The molecule has 20 heavy (non-hydrogen) atoms. The summed E-state index contributed by atoms with van der Waals surface area (Å²) in [6.07, 6.45) is 4.32. The van der Waals surface area contributed by atoms with E-state index in [0.717, 1.165) is 37.8 Å². The second-order valence-electron chi connectivity index (χ2n) is 5.27. The monoisotopic (exact) mass is 274 g/mol. The Balaban J connectivity index is 2.12. The fraction of sp³-hybridized carbons (Fsp3) is 0.562. The zero-order chi connectivity index (χ0) is 14.4. The molecule has 0 saturated heterocycles. The highest BCUT2D eigenvalue weighted by molar-refractivity contribution is 5.42. The standard InChI is InChI=1S/C16H22N2O2/c1-19-11-20-16-13(4-2-3-7-17)9-14-8-12(10-18)5-6-15(14)16/h5-6,8,13,16H,2-4,7,9,11,17H2,1H3. The number of nitrogens with zero attached hydrogens (tertiary/aromatic N) is 1. The molecule has 2 unspecified atom stereocenters. The van der Waals surface area contributed by atoms with Crippen molar-refractivity contribution in [3.8, 4) is 6.07 Å². The van der Waals surface area contributed by atoms with Crippen LogP contribution >= 0.6 is 0 Å². The number of rotatable bonds is 7. The smallest absolute Gasteiger partial charge is 0.147 e. The third kappa shape index (κ3) is 3.37. The summed E-state index contributed by atoms with van der Waals surface area (Å²) in [7, 11) is 1.64. The second-order valence-corrected chi connectivity index (χ2v) is 5.27. The number of nitrogens with two attached hydrogens (primary N) is 1. The zero-order valence-electron chi connectivity index (χ0n) is 12.0. The highest BCUT2D eigenvalue weighted by Crippen LogP contribution is 2.41. The Labute approximate surface area is 120 Å². The fourth-order valence-electron chi connectivity index (χ4n) is 2.94. The molecule has 1 aromatic carbocycles. The van der Waals surface area contributed by atoms with Gasteiger partial charge in [0.1, 0.15) is 6.79 Å². The molecule has 1 aromatic rings. The van der Waals surface area contributed by atoms with Gasteiger partial charge in [-0.15, -0.1) is 0 Å². The van der Waals surface area contributed by atoms with E-state index < -0.39 is 0 Å². The van der Waals surface area contributed by atoms with Crippen molar-refractivity contribution in [3.05, 3.63) is 34.9 Å². The van der Waals surface area contributed by atoms with Gasteiger partial charge >= 0.3 is 0 Å². The molecule has 1 aliphatic carbocycles. The molecule has 0 heterocycles. The Morgan fingerprint density at radius 2 is 2.25 bits per heavy atom. The van der Waals surface area contributed by atoms with E-state index in [0.29, 0.717) is 12.7 Å². The normalized spacial score (nSPS) is 20.6. The number of unbranched alkanes of at least 4 members (excludes halogenated alkanes) is 1. The van der Waals surface area contributed by atoms with Gasteiger partial charge in [0.05, 0.1) is 17.7 Å². The van der Waals surface area contributed by atoms with Gasteiger partial charge in [-0.1, -0.05) is 12.5 Å². The SMILES string of the molecule is COCOC1c2ccc(C#N)cc2CC1CCCCN. The van der Waals surface area contributed by atoms with Crippen molar-refractivity contribution >= 4 is 0 Å². The summed E-state index contributed by atoms with van der Waals surface area (Å²) in [6.45, 7) is 1.04. The first-order chi connectivity index (χ1) is 9.80. The molecule has 1 aliphatic rings. The number of benzene rings is 1. The third-order valence-corrected chi connectivity index (χ3v) is 3.88. The van der Waals surface area contributed by atoms with Crippen LogP contribution in [0.3, 0.4) is 0 Å². The van der Waals surface area contributed by atoms with Crippen LogP contribution in [0.25, 0.3) is 0 Å². The van der Waals surface area contributed by atoms with Gasteiger partial charge in [0.15, 0.2) is 0 Å². The van der Waals surface area contributed by atoms with Crippen molar-refractivity contribution < 1.29 is 9.47 Å². The molecule has 0 aromatic heterocycles. The van der Waals surface area contributed by atoms with Crippen molar-refractivity contribution in [2.24, 2.45) is 11.7 Å². The molecule has 2 N–H and O–H groups in total. The van der Waals surface area contributed by atoms with Gasteiger partial charge in [0.2, 0.25) is 0 Å². The van der Waals surface area contributed by atoms with Gasteiger partial charge in [0, 0.05) is 7.11 Å². The van der Waals surface area contributed by atoms with E-state index in [1.165, 1.54) is 11.1 Å². The first-order valence-corrected chi connectivity index (χ1v) is 7.13. The largest absolute Gasteiger partial charge is 0.359 e. The van der Waals surface area contributed by atoms with Gasteiger partial charge in [0.25, 0.3) is 0 Å². The van der Waals surface area contributed by atoms with E-state index in [4.69, 9.17) is 20.5 Å². The zero-order valence-corrected chi connectivity index (χ0v) is 12.0. The molecule has 0 aliphatic heterocycles. The van der Waals surface area contributed by atoms with Crippen LogP contribution in [0.1, 0.15) is 42.1 Å². The van der Waals surface area contributed by atoms with E-state index in [1.807, 2.05) is 18.2 Å². The minimum Gasteiger partial charge on any atom is -0.359 e. The van der Waals surface area contributed by atoms with E-state index in [1.54, 1.807) is 7.11 Å². The summed E-state index contributed by atoms with van der Waals surface area (Å²) in [6, 6.07) is 8.08. The van der Waals surface area contributed by atoms with E-state index >= 15 is 0 Å². The highest BCUT2D eigenvalue weighted by Gasteiger charge is 2.32. The predicted molar refractivity (Wildman–Crippen MR) is 77.0 cm³/mol. The molecule has 4 heteroatoms. The van der Waals surface area contributed by atoms with Gasteiger partial charge in [-0.3, -0.25) is 0 Å². The summed E-state index contributed by atoms with van der Waals surface area (Å²) < 4.78 is 10.9. The lowest BCUT2D eigenvalue weighted by molar-refractivity contribution is -0.0899. The molecule has 0 spiro atoms. The molecule has 108 valence electrons. The maximum Gasteiger partial charge on any atom is 0.147 e. The van der Waals surface area contributed by atoms with Crippen LogP contribution in [-0.4, -0.2) is 20.4 Å². The van der Waals surface area contributed by atoms with Crippen LogP contribution in [0.5, 0.6) is 0 Å². The molecule has 2 rings (SSSR count). The van der Waals surface area contributed by atoms with Gasteiger partial charge < -0.3 is 15.2 Å². The molecule has 2 atom stereocenters. The summed E-state index contributed by atoms with van der Waals surface area (Å²) >= 11 is 0. The first-order valence-electron chi connectivity index (χ1n) is 7.13. The summed E-state index contributed by atoms with van der Waals surface area (Å²) in [5.74, 6) is 0.459. The van der Waals surface area contributed by atoms with E-state index in [2.05, 4.69) is 6.07 Å². The summed E-state index contributed by atoms with van der Waals surface area (Å²) in [5.41, 5.74) is 8.73. The van der Waals surface area contributed by atoms with Crippen molar-refractivity contribution in [1.82, 2.24) is 0 Å². The molecule has 0 bridgehead atoms. The molecule has 0 radical (unpaired) electrons. The Hall–Kier alpha value is -1.41. The van der Waals surface area contributed by atoms with Crippen LogP contribution in [0.15, 0.2) is 18.2 Å². The topological polar surface area (TPSA) is 68.3 Å². The van der Waals surface area contributed by atoms with Crippen LogP contribution in [-0.2, 0) is 15.9 Å². The molecule has 0 fully saturated rings.